The van der Waals surface area contributed by atoms with Gasteiger partial charge in [0.25, 0.3) is 0 Å². The molecular weight excluding hydrogens is 320 g/mol. The summed E-state index contributed by atoms with van der Waals surface area (Å²) in [6.07, 6.45) is 4.68. The van der Waals surface area contributed by atoms with Gasteiger partial charge < -0.3 is 20.1 Å². The SMILES string of the molecule is CCC(OC1CCCC1)C(=O)NCC(=O)NCc1ccc(OC)cc1. The first kappa shape index (κ1) is 19.2. The number of methoxy groups -OCH3 is 1. The predicted octanol–water partition coefficient (Wildman–Crippen LogP) is 2.17. The molecule has 0 aliphatic heterocycles. The molecule has 2 amide bonds. The van der Waals surface area contributed by atoms with E-state index in [1.54, 1.807) is 7.11 Å². The molecule has 1 saturated carbocycles. The molecule has 1 aliphatic rings. The van der Waals surface area contributed by atoms with Gasteiger partial charge in [-0.15, -0.1) is 0 Å². The second-order valence-electron chi connectivity index (χ2n) is 6.28. The van der Waals surface area contributed by atoms with Crippen molar-refractivity contribution >= 4 is 11.8 Å². The molecule has 0 radical (unpaired) electrons. The highest BCUT2D eigenvalue weighted by Gasteiger charge is 2.24. The fraction of sp³-hybridized carbons (Fsp3) is 0.579. The lowest BCUT2D eigenvalue weighted by Gasteiger charge is -2.20. The normalized spacial score (nSPS) is 15.6. The van der Waals surface area contributed by atoms with Crippen molar-refractivity contribution in [2.45, 2.75) is 57.8 Å². The lowest BCUT2D eigenvalue weighted by atomic mass is 10.2. The summed E-state index contributed by atoms with van der Waals surface area (Å²) in [5, 5.41) is 5.45. The Kier molecular flexibility index (Phi) is 7.73. The van der Waals surface area contributed by atoms with E-state index in [4.69, 9.17) is 9.47 Å². The molecule has 6 nitrogen and oxygen atoms in total. The molecule has 2 rings (SSSR count). The van der Waals surface area contributed by atoms with Gasteiger partial charge >= 0.3 is 0 Å². The first-order chi connectivity index (χ1) is 12.1. The molecule has 1 fully saturated rings. The molecule has 1 aliphatic carbocycles. The van der Waals surface area contributed by atoms with E-state index in [0.717, 1.165) is 37.0 Å². The first-order valence-electron chi connectivity index (χ1n) is 8.95. The van der Waals surface area contributed by atoms with Crippen LogP contribution in [-0.2, 0) is 20.9 Å². The summed E-state index contributed by atoms with van der Waals surface area (Å²) in [7, 11) is 1.61. The van der Waals surface area contributed by atoms with Gasteiger partial charge in [0.05, 0.1) is 19.8 Å². The highest BCUT2D eigenvalue weighted by atomic mass is 16.5. The number of hydrogen-bond donors (Lipinski definition) is 2. The van der Waals surface area contributed by atoms with Gasteiger partial charge in [-0.2, -0.15) is 0 Å². The second-order valence-corrected chi connectivity index (χ2v) is 6.28. The number of amides is 2. The van der Waals surface area contributed by atoms with Crippen LogP contribution in [0.2, 0.25) is 0 Å². The fourth-order valence-electron chi connectivity index (χ4n) is 2.89. The summed E-state index contributed by atoms with van der Waals surface area (Å²) in [5.74, 6) is 0.337. The number of hydrogen-bond acceptors (Lipinski definition) is 4. The minimum absolute atomic E-state index is 0.0421. The smallest absolute Gasteiger partial charge is 0.249 e. The Morgan fingerprint density at radius 2 is 1.84 bits per heavy atom. The molecule has 0 saturated heterocycles. The summed E-state index contributed by atoms with van der Waals surface area (Å²) in [4.78, 5) is 24.1. The highest BCUT2D eigenvalue weighted by molar-refractivity contribution is 5.86. The topological polar surface area (TPSA) is 76.7 Å². The van der Waals surface area contributed by atoms with Crippen LogP contribution in [0.15, 0.2) is 24.3 Å². The minimum atomic E-state index is -0.475. The Morgan fingerprint density at radius 3 is 2.44 bits per heavy atom. The molecule has 1 atom stereocenters. The largest absolute Gasteiger partial charge is 0.497 e. The molecule has 138 valence electrons. The molecule has 2 N–H and O–H groups in total. The predicted molar refractivity (Wildman–Crippen MR) is 95.3 cm³/mol. The summed E-state index contributed by atoms with van der Waals surface area (Å²) < 4.78 is 10.9. The summed E-state index contributed by atoms with van der Waals surface area (Å²) >= 11 is 0. The Balaban J connectivity index is 1.69. The minimum Gasteiger partial charge on any atom is -0.497 e. The average molecular weight is 348 g/mol. The van der Waals surface area contributed by atoms with Gasteiger partial charge in [0.15, 0.2) is 0 Å². The molecule has 1 aromatic rings. The van der Waals surface area contributed by atoms with Gasteiger partial charge in [-0.05, 0) is 37.0 Å². The number of carbonyl (C=O) groups is 2. The Labute approximate surface area is 149 Å². The van der Waals surface area contributed by atoms with Crippen molar-refractivity contribution in [3.63, 3.8) is 0 Å². The fourth-order valence-corrected chi connectivity index (χ4v) is 2.89. The summed E-state index contributed by atoms with van der Waals surface area (Å²) in [5.41, 5.74) is 0.969. The number of carbonyl (C=O) groups excluding carboxylic acids is 2. The monoisotopic (exact) mass is 348 g/mol. The number of ether oxygens (including phenoxy) is 2. The van der Waals surface area contributed by atoms with Crippen LogP contribution < -0.4 is 15.4 Å². The molecule has 25 heavy (non-hydrogen) atoms. The van der Waals surface area contributed by atoms with Crippen molar-refractivity contribution in [1.82, 2.24) is 10.6 Å². The number of nitrogens with one attached hydrogen (secondary N) is 2. The maximum Gasteiger partial charge on any atom is 0.249 e. The molecular formula is C19H28N2O4. The Morgan fingerprint density at radius 1 is 1.16 bits per heavy atom. The van der Waals surface area contributed by atoms with Crippen molar-refractivity contribution in [3.8, 4) is 5.75 Å². The van der Waals surface area contributed by atoms with Gasteiger partial charge in [-0.3, -0.25) is 9.59 Å². The van der Waals surface area contributed by atoms with E-state index in [0.29, 0.717) is 13.0 Å². The van der Waals surface area contributed by atoms with Crippen LogP contribution in [0.3, 0.4) is 0 Å². The van der Waals surface area contributed by atoms with Crippen molar-refractivity contribution < 1.29 is 19.1 Å². The average Bonchev–Trinajstić information content (AvgIpc) is 3.16. The van der Waals surface area contributed by atoms with Gasteiger partial charge in [-0.1, -0.05) is 31.9 Å². The third-order valence-corrected chi connectivity index (χ3v) is 4.39. The van der Waals surface area contributed by atoms with Crippen LogP contribution in [0.25, 0.3) is 0 Å². The third kappa shape index (κ3) is 6.38. The second kappa shape index (κ2) is 10.0. The molecule has 0 aromatic heterocycles. The van der Waals surface area contributed by atoms with E-state index in [2.05, 4.69) is 10.6 Å². The van der Waals surface area contributed by atoms with Crippen LogP contribution >= 0.6 is 0 Å². The van der Waals surface area contributed by atoms with Crippen molar-refractivity contribution in [2.75, 3.05) is 13.7 Å². The van der Waals surface area contributed by atoms with E-state index in [1.165, 1.54) is 0 Å². The number of rotatable bonds is 9. The standard InChI is InChI=1S/C19H28N2O4/c1-3-17(25-16-6-4-5-7-16)19(23)21-13-18(22)20-12-14-8-10-15(24-2)11-9-14/h8-11,16-17H,3-7,12-13H2,1-2H3,(H,20,22)(H,21,23). The van der Waals surface area contributed by atoms with Crippen LogP contribution in [-0.4, -0.2) is 37.7 Å². The quantitative estimate of drug-likeness (QED) is 0.717. The summed E-state index contributed by atoms with van der Waals surface area (Å²) in [6, 6.07) is 7.46. The highest BCUT2D eigenvalue weighted by Crippen LogP contribution is 2.22. The van der Waals surface area contributed by atoms with Gasteiger partial charge in [0.1, 0.15) is 11.9 Å². The maximum absolute atomic E-state index is 12.2. The van der Waals surface area contributed by atoms with Gasteiger partial charge in [0, 0.05) is 6.54 Å². The molecule has 1 unspecified atom stereocenters. The lowest BCUT2D eigenvalue weighted by Crippen LogP contribution is -2.43. The van der Waals surface area contributed by atoms with E-state index in [-0.39, 0.29) is 24.5 Å². The maximum atomic E-state index is 12.2. The first-order valence-corrected chi connectivity index (χ1v) is 8.95. The van der Waals surface area contributed by atoms with Crippen molar-refractivity contribution in [3.05, 3.63) is 29.8 Å². The van der Waals surface area contributed by atoms with Crippen LogP contribution in [0.1, 0.15) is 44.6 Å². The van der Waals surface area contributed by atoms with E-state index < -0.39 is 6.10 Å². The van der Waals surface area contributed by atoms with E-state index >= 15 is 0 Å². The van der Waals surface area contributed by atoms with E-state index in [1.807, 2.05) is 31.2 Å². The number of benzene rings is 1. The zero-order valence-electron chi connectivity index (χ0n) is 15.0. The molecule has 1 aromatic carbocycles. The van der Waals surface area contributed by atoms with Gasteiger partial charge in [0.2, 0.25) is 11.8 Å². The lowest BCUT2D eigenvalue weighted by molar-refractivity contribution is -0.138. The molecule has 0 heterocycles. The van der Waals surface area contributed by atoms with Crippen LogP contribution in [0.4, 0.5) is 0 Å². The van der Waals surface area contributed by atoms with Gasteiger partial charge in [-0.25, -0.2) is 0 Å². The zero-order chi connectivity index (χ0) is 18.1. The van der Waals surface area contributed by atoms with Crippen molar-refractivity contribution in [1.29, 1.82) is 0 Å². The zero-order valence-corrected chi connectivity index (χ0v) is 15.0. The van der Waals surface area contributed by atoms with Crippen LogP contribution in [0, 0.1) is 0 Å². The van der Waals surface area contributed by atoms with E-state index in [9.17, 15) is 9.59 Å². The molecule has 0 bridgehead atoms. The Bertz CT molecular complexity index is 553. The van der Waals surface area contributed by atoms with Crippen molar-refractivity contribution in [2.24, 2.45) is 0 Å². The third-order valence-electron chi connectivity index (χ3n) is 4.39. The van der Waals surface area contributed by atoms with Crippen LogP contribution in [0.5, 0.6) is 5.75 Å². The molecule has 0 spiro atoms. The Hall–Kier alpha value is -2.08. The summed E-state index contributed by atoms with van der Waals surface area (Å²) in [6.45, 7) is 2.29. The molecule has 6 heteroatoms.